The van der Waals surface area contributed by atoms with Crippen molar-refractivity contribution in [1.82, 2.24) is 9.97 Å². The number of anilines is 4. The molecule has 28 heavy (non-hydrogen) atoms. The van der Waals surface area contributed by atoms with Crippen molar-refractivity contribution in [3.63, 3.8) is 0 Å². The van der Waals surface area contributed by atoms with Crippen molar-refractivity contribution in [2.24, 2.45) is 0 Å². The van der Waals surface area contributed by atoms with Crippen molar-refractivity contribution in [3.8, 4) is 5.75 Å². The molecule has 0 unspecified atom stereocenters. The lowest BCUT2D eigenvalue weighted by Gasteiger charge is -2.14. The van der Waals surface area contributed by atoms with Gasteiger partial charge in [-0.2, -0.15) is 4.98 Å². The molecule has 0 fully saturated rings. The van der Waals surface area contributed by atoms with E-state index in [0.717, 1.165) is 17.2 Å². The first kappa shape index (κ1) is 19.2. The quantitative estimate of drug-likeness (QED) is 0.679. The third-order valence-electron chi connectivity index (χ3n) is 4.05. The summed E-state index contributed by atoms with van der Waals surface area (Å²) in [6.45, 7) is 1.93. The van der Waals surface area contributed by atoms with Gasteiger partial charge in [0.05, 0.1) is 7.11 Å². The van der Waals surface area contributed by atoms with Crippen molar-refractivity contribution in [3.05, 3.63) is 65.9 Å². The first-order chi connectivity index (χ1) is 13.4. The maximum absolute atomic E-state index is 12.3. The van der Waals surface area contributed by atoms with E-state index in [4.69, 9.17) is 4.74 Å². The van der Waals surface area contributed by atoms with Crippen LogP contribution >= 0.6 is 0 Å². The molecule has 2 N–H and O–H groups in total. The minimum atomic E-state index is -0.180. The number of carbonyl (C=O) groups is 1. The van der Waals surface area contributed by atoms with Crippen molar-refractivity contribution >= 4 is 29.0 Å². The minimum Gasteiger partial charge on any atom is -0.497 e. The highest BCUT2D eigenvalue weighted by atomic mass is 16.5. The molecule has 0 aliphatic heterocycles. The number of aryl methyl sites for hydroxylation is 1. The van der Waals surface area contributed by atoms with E-state index in [9.17, 15) is 4.79 Å². The summed E-state index contributed by atoms with van der Waals surface area (Å²) < 4.78 is 5.11. The van der Waals surface area contributed by atoms with Crippen LogP contribution < -0.4 is 20.3 Å². The van der Waals surface area contributed by atoms with Crippen LogP contribution in [-0.2, 0) is 0 Å². The highest BCUT2D eigenvalue weighted by Gasteiger charge is 2.07. The van der Waals surface area contributed by atoms with Crippen molar-refractivity contribution in [1.29, 1.82) is 0 Å². The summed E-state index contributed by atoms with van der Waals surface area (Å²) in [6.07, 6.45) is 0. The Balaban J connectivity index is 1.67. The number of hydrogen-bond acceptors (Lipinski definition) is 6. The average Bonchev–Trinajstić information content (AvgIpc) is 2.69. The third kappa shape index (κ3) is 4.76. The summed E-state index contributed by atoms with van der Waals surface area (Å²) in [5.74, 6) is 1.89. The Kier molecular flexibility index (Phi) is 5.74. The van der Waals surface area contributed by atoms with Gasteiger partial charge in [0.15, 0.2) is 0 Å². The fraction of sp³-hybridized carbons (Fsp3) is 0.190. The highest BCUT2D eigenvalue weighted by molar-refractivity contribution is 6.04. The summed E-state index contributed by atoms with van der Waals surface area (Å²) in [5.41, 5.74) is 2.97. The molecule has 2 aromatic carbocycles. The number of aromatic nitrogens is 2. The molecular formula is C21H23N5O2. The molecule has 0 radical (unpaired) electrons. The van der Waals surface area contributed by atoms with E-state index in [1.54, 1.807) is 31.4 Å². The first-order valence-electron chi connectivity index (χ1n) is 8.80. The van der Waals surface area contributed by atoms with Crippen LogP contribution in [0.25, 0.3) is 0 Å². The lowest BCUT2D eigenvalue weighted by atomic mass is 10.2. The molecule has 7 heteroatoms. The number of benzene rings is 2. The molecule has 1 aromatic heterocycles. The fourth-order valence-electron chi connectivity index (χ4n) is 2.55. The van der Waals surface area contributed by atoms with Gasteiger partial charge in [-0.05, 0) is 55.5 Å². The zero-order chi connectivity index (χ0) is 20.1. The Hall–Kier alpha value is -3.61. The first-order valence-corrected chi connectivity index (χ1v) is 8.80. The zero-order valence-corrected chi connectivity index (χ0v) is 16.4. The molecule has 0 spiro atoms. The summed E-state index contributed by atoms with van der Waals surface area (Å²) in [6, 6.07) is 16.3. The van der Waals surface area contributed by atoms with E-state index in [1.807, 2.05) is 56.3 Å². The smallest absolute Gasteiger partial charge is 0.255 e. The highest BCUT2D eigenvalue weighted by Crippen LogP contribution is 2.20. The Labute approximate surface area is 164 Å². The van der Waals surface area contributed by atoms with Crippen molar-refractivity contribution in [2.45, 2.75) is 6.92 Å². The molecule has 3 aromatic rings. The van der Waals surface area contributed by atoms with Crippen LogP contribution in [0.15, 0.2) is 54.6 Å². The van der Waals surface area contributed by atoms with Gasteiger partial charge in [-0.3, -0.25) is 4.79 Å². The zero-order valence-electron chi connectivity index (χ0n) is 16.4. The Morgan fingerprint density at radius 3 is 2.21 bits per heavy atom. The predicted octanol–water partition coefficient (Wildman–Crippen LogP) is 3.86. The van der Waals surface area contributed by atoms with Gasteiger partial charge in [-0.1, -0.05) is 0 Å². The summed E-state index contributed by atoms with van der Waals surface area (Å²) in [5, 5.41) is 6.06. The summed E-state index contributed by atoms with van der Waals surface area (Å²) in [4.78, 5) is 23.1. The minimum absolute atomic E-state index is 0.180. The van der Waals surface area contributed by atoms with Gasteiger partial charge < -0.3 is 20.3 Å². The molecule has 0 aliphatic rings. The van der Waals surface area contributed by atoms with E-state index < -0.39 is 0 Å². The number of hydrogen-bond donors (Lipinski definition) is 2. The van der Waals surface area contributed by atoms with Gasteiger partial charge in [0.25, 0.3) is 5.91 Å². The van der Waals surface area contributed by atoms with Crippen molar-refractivity contribution in [2.75, 3.05) is 36.7 Å². The predicted molar refractivity (Wildman–Crippen MR) is 112 cm³/mol. The maximum atomic E-state index is 12.3. The second-order valence-corrected chi connectivity index (χ2v) is 6.47. The van der Waals surface area contributed by atoms with Crippen LogP contribution in [0.1, 0.15) is 16.1 Å². The SMILES string of the molecule is COc1ccc(C(=O)Nc2ccc(Nc3nc(C)cc(N(C)C)n3)cc2)cc1. The summed E-state index contributed by atoms with van der Waals surface area (Å²) >= 11 is 0. The fourth-order valence-corrected chi connectivity index (χ4v) is 2.55. The second-order valence-electron chi connectivity index (χ2n) is 6.47. The monoisotopic (exact) mass is 377 g/mol. The Morgan fingerprint density at radius 1 is 0.964 bits per heavy atom. The normalized spacial score (nSPS) is 10.3. The van der Waals surface area contributed by atoms with Crippen molar-refractivity contribution < 1.29 is 9.53 Å². The van der Waals surface area contributed by atoms with Crippen LogP contribution in [-0.4, -0.2) is 37.1 Å². The number of nitrogens with one attached hydrogen (secondary N) is 2. The third-order valence-corrected chi connectivity index (χ3v) is 4.05. The molecule has 1 amide bonds. The molecule has 0 bridgehead atoms. The van der Waals surface area contributed by atoms with Crippen LogP contribution in [0.4, 0.5) is 23.1 Å². The lowest BCUT2D eigenvalue weighted by Crippen LogP contribution is -2.13. The van der Waals surface area contributed by atoms with Crippen LogP contribution in [0.5, 0.6) is 5.75 Å². The van der Waals surface area contributed by atoms with Gasteiger partial charge in [0.1, 0.15) is 11.6 Å². The van der Waals surface area contributed by atoms with Gasteiger partial charge in [0, 0.05) is 42.8 Å². The largest absolute Gasteiger partial charge is 0.497 e. The Bertz CT molecular complexity index is 954. The van der Waals surface area contributed by atoms with E-state index in [1.165, 1.54) is 0 Å². The molecule has 0 atom stereocenters. The standard InChI is InChI=1S/C21H23N5O2/c1-14-13-19(26(2)3)25-21(22-14)24-17-9-7-16(8-10-17)23-20(27)15-5-11-18(28-4)12-6-15/h5-13H,1-4H3,(H,23,27)(H,22,24,25). The number of carbonyl (C=O) groups excluding carboxylic acids is 1. The average molecular weight is 377 g/mol. The molecule has 7 nitrogen and oxygen atoms in total. The number of ether oxygens (including phenoxy) is 1. The number of rotatable bonds is 6. The lowest BCUT2D eigenvalue weighted by molar-refractivity contribution is 0.102. The van der Waals surface area contributed by atoms with E-state index in [2.05, 4.69) is 20.6 Å². The van der Waals surface area contributed by atoms with Gasteiger partial charge in [0.2, 0.25) is 5.95 Å². The summed E-state index contributed by atoms with van der Waals surface area (Å²) in [7, 11) is 5.46. The van der Waals surface area contributed by atoms with Gasteiger partial charge in [-0.15, -0.1) is 0 Å². The molecule has 0 aliphatic carbocycles. The van der Waals surface area contributed by atoms with Crippen LogP contribution in [0, 0.1) is 6.92 Å². The molecular weight excluding hydrogens is 354 g/mol. The van der Waals surface area contributed by atoms with Gasteiger partial charge in [-0.25, -0.2) is 4.98 Å². The molecule has 0 saturated heterocycles. The maximum Gasteiger partial charge on any atom is 0.255 e. The molecule has 3 rings (SSSR count). The van der Waals surface area contributed by atoms with E-state index in [0.29, 0.717) is 22.9 Å². The molecule has 144 valence electrons. The Morgan fingerprint density at radius 2 is 1.61 bits per heavy atom. The van der Waals surface area contributed by atoms with E-state index >= 15 is 0 Å². The van der Waals surface area contributed by atoms with Crippen LogP contribution in [0.3, 0.4) is 0 Å². The molecule has 0 saturated carbocycles. The van der Waals surface area contributed by atoms with Gasteiger partial charge >= 0.3 is 0 Å². The van der Waals surface area contributed by atoms with Crippen LogP contribution in [0.2, 0.25) is 0 Å². The topological polar surface area (TPSA) is 79.4 Å². The van der Waals surface area contributed by atoms with E-state index in [-0.39, 0.29) is 5.91 Å². The molecule has 1 heterocycles. The number of nitrogens with zero attached hydrogens (tertiary/aromatic N) is 3. The second kappa shape index (κ2) is 8.39. The number of amides is 1. The number of methoxy groups -OCH3 is 1.